The maximum absolute atomic E-state index is 12.6. The van der Waals surface area contributed by atoms with Crippen molar-refractivity contribution in [2.24, 2.45) is 0 Å². The number of piperidine rings is 1. The number of likely N-dealkylation sites (tertiary alicyclic amines) is 1. The fraction of sp³-hybridized carbons (Fsp3) is 0.455. The number of benzene rings is 1. The molecule has 3 aromatic rings. The van der Waals surface area contributed by atoms with Crippen molar-refractivity contribution >= 4 is 23.2 Å². The van der Waals surface area contributed by atoms with Crippen molar-refractivity contribution in [3.63, 3.8) is 0 Å². The molecule has 1 aromatic carbocycles. The Morgan fingerprint density at radius 2 is 1.90 bits per heavy atom. The molecule has 0 radical (unpaired) electrons. The van der Waals surface area contributed by atoms with E-state index in [1.807, 2.05) is 28.5 Å². The van der Waals surface area contributed by atoms with E-state index in [0.29, 0.717) is 29.8 Å². The highest BCUT2D eigenvalue weighted by atomic mass is 35.5. The Labute approximate surface area is 180 Å². The lowest BCUT2D eigenvalue weighted by Crippen LogP contribution is -2.40. The molecule has 30 heavy (non-hydrogen) atoms. The number of halogens is 1. The molecule has 0 unspecified atom stereocenters. The van der Waals surface area contributed by atoms with Crippen molar-refractivity contribution < 1.29 is 9.53 Å². The van der Waals surface area contributed by atoms with Crippen LogP contribution in [0.3, 0.4) is 0 Å². The molecule has 1 aliphatic carbocycles. The maximum atomic E-state index is 12.6. The molecule has 0 spiro atoms. The van der Waals surface area contributed by atoms with Gasteiger partial charge in [-0.25, -0.2) is 0 Å². The minimum atomic E-state index is 0.00120. The summed E-state index contributed by atoms with van der Waals surface area (Å²) in [5.41, 5.74) is 2.85. The largest absolute Gasteiger partial charge is 0.484 e. The molecule has 1 aliphatic heterocycles. The van der Waals surface area contributed by atoms with Crippen LogP contribution in [0.2, 0.25) is 5.02 Å². The number of ether oxygens (including phenoxy) is 1. The minimum Gasteiger partial charge on any atom is -0.484 e. The summed E-state index contributed by atoms with van der Waals surface area (Å²) in [5, 5.41) is 14.2. The number of hydrogen-bond donors (Lipinski definition) is 0. The Kier molecular flexibility index (Phi) is 5.06. The van der Waals surface area contributed by atoms with Crippen molar-refractivity contribution in [2.45, 2.75) is 44.4 Å². The standard InChI is InChI=1S/C22H24ClN5O2/c1-14-12-17(4-5-18(14)23)30-13-21(29)27-10-8-16(9-11-27)22-25-24-20-7-6-19(15-2-3-15)26-28(20)22/h4-7,12,15-16H,2-3,8-11,13H2,1H3. The first-order chi connectivity index (χ1) is 14.6. The zero-order chi connectivity index (χ0) is 20.7. The third-order valence-electron chi connectivity index (χ3n) is 6.01. The monoisotopic (exact) mass is 425 g/mol. The molecule has 156 valence electrons. The molecule has 3 heterocycles. The molecule has 5 rings (SSSR count). The summed E-state index contributed by atoms with van der Waals surface area (Å²) in [5.74, 6) is 2.42. The van der Waals surface area contributed by atoms with Crippen LogP contribution in [-0.2, 0) is 4.79 Å². The van der Waals surface area contributed by atoms with Gasteiger partial charge in [-0.15, -0.1) is 10.2 Å². The number of carbonyl (C=O) groups excluding carboxylic acids is 1. The Bertz CT molecular complexity index is 1090. The SMILES string of the molecule is Cc1cc(OCC(=O)N2CCC(c3nnc4ccc(C5CC5)nn34)CC2)ccc1Cl. The van der Waals surface area contributed by atoms with E-state index >= 15 is 0 Å². The van der Waals surface area contributed by atoms with E-state index in [9.17, 15) is 4.79 Å². The lowest BCUT2D eigenvalue weighted by Gasteiger charge is -2.31. The molecular weight excluding hydrogens is 402 g/mol. The highest BCUT2D eigenvalue weighted by Crippen LogP contribution is 2.39. The van der Waals surface area contributed by atoms with Crippen molar-refractivity contribution in [3.8, 4) is 5.75 Å². The summed E-state index contributed by atoms with van der Waals surface area (Å²) in [6.45, 7) is 3.32. The van der Waals surface area contributed by atoms with E-state index in [4.69, 9.17) is 21.4 Å². The highest BCUT2D eigenvalue weighted by molar-refractivity contribution is 6.31. The number of aryl methyl sites for hydroxylation is 1. The van der Waals surface area contributed by atoms with Crippen LogP contribution < -0.4 is 4.74 Å². The van der Waals surface area contributed by atoms with Gasteiger partial charge in [-0.2, -0.15) is 9.61 Å². The second-order valence-electron chi connectivity index (χ2n) is 8.22. The van der Waals surface area contributed by atoms with Crippen LogP contribution in [0.4, 0.5) is 0 Å². The summed E-state index contributed by atoms with van der Waals surface area (Å²) >= 11 is 6.04. The zero-order valence-electron chi connectivity index (χ0n) is 16.9. The molecule has 1 amide bonds. The van der Waals surface area contributed by atoms with Gasteiger partial charge in [0.1, 0.15) is 5.75 Å². The lowest BCUT2D eigenvalue weighted by atomic mass is 9.96. The van der Waals surface area contributed by atoms with E-state index in [-0.39, 0.29) is 18.4 Å². The Morgan fingerprint density at radius 1 is 1.10 bits per heavy atom. The van der Waals surface area contributed by atoms with E-state index in [2.05, 4.69) is 16.3 Å². The topological polar surface area (TPSA) is 72.6 Å². The van der Waals surface area contributed by atoms with Gasteiger partial charge in [0.25, 0.3) is 5.91 Å². The van der Waals surface area contributed by atoms with Gasteiger partial charge < -0.3 is 9.64 Å². The van der Waals surface area contributed by atoms with Gasteiger partial charge in [0, 0.05) is 29.9 Å². The molecule has 0 atom stereocenters. The fourth-order valence-corrected chi connectivity index (χ4v) is 4.12. The van der Waals surface area contributed by atoms with Gasteiger partial charge >= 0.3 is 0 Å². The van der Waals surface area contributed by atoms with Crippen LogP contribution in [0.1, 0.15) is 54.6 Å². The van der Waals surface area contributed by atoms with Crippen LogP contribution in [0.25, 0.3) is 5.65 Å². The molecule has 2 fully saturated rings. The normalized spacial score (nSPS) is 17.5. The van der Waals surface area contributed by atoms with Crippen LogP contribution in [0.15, 0.2) is 30.3 Å². The van der Waals surface area contributed by atoms with Gasteiger partial charge in [0.15, 0.2) is 18.1 Å². The van der Waals surface area contributed by atoms with Gasteiger partial charge in [-0.1, -0.05) is 11.6 Å². The number of nitrogens with zero attached hydrogens (tertiary/aromatic N) is 5. The lowest BCUT2D eigenvalue weighted by molar-refractivity contribution is -0.134. The molecule has 1 saturated carbocycles. The average molecular weight is 426 g/mol. The fourth-order valence-electron chi connectivity index (χ4n) is 4.00. The molecule has 1 saturated heterocycles. The second-order valence-corrected chi connectivity index (χ2v) is 8.62. The predicted octanol–water partition coefficient (Wildman–Crippen LogP) is 3.75. The quantitative estimate of drug-likeness (QED) is 0.622. The summed E-state index contributed by atoms with van der Waals surface area (Å²) in [4.78, 5) is 14.5. The second kappa shape index (κ2) is 7.87. The van der Waals surface area contributed by atoms with Crippen molar-refractivity contribution in [1.29, 1.82) is 0 Å². The Hall–Kier alpha value is -2.67. The molecule has 2 aliphatic rings. The predicted molar refractivity (Wildman–Crippen MR) is 113 cm³/mol. The Balaban J connectivity index is 1.20. The van der Waals surface area contributed by atoms with E-state index in [1.54, 1.807) is 12.1 Å². The Morgan fingerprint density at radius 3 is 2.63 bits per heavy atom. The van der Waals surface area contributed by atoms with Crippen molar-refractivity contribution in [2.75, 3.05) is 19.7 Å². The summed E-state index contributed by atoms with van der Waals surface area (Å²) in [6, 6.07) is 9.49. The number of fused-ring (bicyclic) bond motifs is 1. The minimum absolute atomic E-state index is 0.00120. The average Bonchev–Trinajstić information content (AvgIpc) is 3.53. The van der Waals surface area contributed by atoms with Crippen molar-refractivity contribution in [1.82, 2.24) is 24.7 Å². The van der Waals surface area contributed by atoms with Crippen LogP contribution >= 0.6 is 11.6 Å². The molecule has 8 heteroatoms. The highest BCUT2D eigenvalue weighted by Gasteiger charge is 2.29. The van der Waals surface area contributed by atoms with Crippen LogP contribution in [0.5, 0.6) is 5.75 Å². The summed E-state index contributed by atoms with van der Waals surface area (Å²) < 4.78 is 7.57. The molecule has 0 bridgehead atoms. The van der Waals surface area contributed by atoms with E-state index in [0.717, 1.165) is 35.6 Å². The van der Waals surface area contributed by atoms with Gasteiger partial charge in [-0.3, -0.25) is 4.79 Å². The number of aromatic nitrogens is 4. The molecule has 7 nitrogen and oxygen atoms in total. The van der Waals surface area contributed by atoms with E-state index < -0.39 is 0 Å². The number of rotatable bonds is 5. The third-order valence-corrected chi connectivity index (χ3v) is 6.43. The number of hydrogen-bond acceptors (Lipinski definition) is 5. The molecular formula is C22H24ClN5O2. The van der Waals surface area contributed by atoms with Gasteiger partial charge in [-0.05, 0) is 68.5 Å². The van der Waals surface area contributed by atoms with Crippen LogP contribution in [-0.4, -0.2) is 50.3 Å². The summed E-state index contributed by atoms with van der Waals surface area (Å²) in [7, 11) is 0. The zero-order valence-corrected chi connectivity index (χ0v) is 17.7. The summed E-state index contributed by atoms with van der Waals surface area (Å²) in [6.07, 6.45) is 4.13. The van der Waals surface area contributed by atoms with Gasteiger partial charge in [0.05, 0.1) is 5.69 Å². The van der Waals surface area contributed by atoms with Crippen LogP contribution in [0, 0.1) is 6.92 Å². The molecule has 0 N–H and O–H groups in total. The number of carbonyl (C=O) groups is 1. The first-order valence-electron chi connectivity index (χ1n) is 10.5. The molecule has 2 aromatic heterocycles. The first-order valence-corrected chi connectivity index (χ1v) is 10.9. The van der Waals surface area contributed by atoms with Gasteiger partial charge in [0.2, 0.25) is 0 Å². The smallest absolute Gasteiger partial charge is 0.260 e. The third kappa shape index (κ3) is 3.86. The first kappa shape index (κ1) is 19.3. The van der Waals surface area contributed by atoms with E-state index in [1.165, 1.54) is 12.8 Å². The number of amides is 1. The maximum Gasteiger partial charge on any atom is 0.260 e. The van der Waals surface area contributed by atoms with Crippen molar-refractivity contribution in [3.05, 3.63) is 52.4 Å².